The number of rotatable bonds is 6. The molecule has 0 radical (unpaired) electrons. The van der Waals surface area contributed by atoms with E-state index >= 15 is 0 Å². The third kappa shape index (κ3) is 4.32. The minimum absolute atomic E-state index is 0.521. The molecule has 0 unspecified atom stereocenters. The molecular weight excluding hydrogens is 356 g/mol. The van der Waals surface area contributed by atoms with Crippen LogP contribution in [0.15, 0.2) is 77.2 Å². The largest absolute Gasteiger partial charge is 0.265 e. The smallest absolute Gasteiger partial charge is 0.240 e. The first-order chi connectivity index (χ1) is 13.3. The molecule has 2 aromatic heterocycles. The van der Waals surface area contributed by atoms with E-state index < -0.39 is 0 Å². The van der Waals surface area contributed by atoms with Crippen LogP contribution in [-0.2, 0) is 5.75 Å². The number of thioether (sulfide) groups is 1. The Morgan fingerprint density at radius 3 is 2.74 bits per heavy atom. The maximum Gasteiger partial charge on any atom is 0.240 e. The van der Waals surface area contributed by atoms with Crippen LogP contribution in [0.5, 0.6) is 0 Å². The van der Waals surface area contributed by atoms with Crippen molar-refractivity contribution >= 4 is 34.2 Å². The second-order valence-corrected chi connectivity index (χ2v) is 6.92. The molecule has 7 heteroatoms. The van der Waals surface area contributed by atoms with E-state index in [1.807, 2.05) is 31.2 Å². The van der Waals surface area contributed by atoms with Crippen molar-refractivity contribution in [1.82, 2.24) is 20.2 Å². The first-order valence-electron chi connectivity index (χ1n) is 8.51. The SMILES string of the molecule is C/C(=N\Nc1nc(SCc2ccncc2)n[nH]1)c1ccc2ccccc2c1. The number of pyridine rings is 1. The van der Waals surface area contributed by atoms with Crippen molar-refractivity contribution in [1.29, 1.82) is 0 Å². The number of hydrazone groups is 1. The highest BCUT2D eigenvalue weighted by Gasteiger charge is 2.05. The zero-order valence-electron chi connectivity index (χ0n) is 14.8. The summed E-state index contributed by atoms with van der Waals surface area (Å²) in [6.45, 7) is 1.96. The number of nitrogens with one attached hydrogen (secondary N) is 2. The lowest BCUT2D eigenvalue weighted by atomic mass is 10.0. The molecule has 0 atom stereocenters. The van der Waals surface area contributed by atoms with Gasteiger partial charge < -0.3 is 0 Å². The van der Waals surface area contributed by atoms with E-state index in [1.54, 1.807) is 24.2 Å². The van der Waals surface area contributed by atoms with E-state index in [9.17, 15) is 0 Å². The van der Waals surface area contributed by atoms with E-state index in [4.69, 9.17) is 0 Å². The molecule has 0 aliphatic rings. The molecule has 6 nitrogen and oxygen atoms in total. The standard InChI is InChI=1S/C20H18N6S/c1-14(17-7-6-16-4-2-3-5-18(16)12-17)23-24-19-22-20(26-25-19)27-13-15-8-10-21-11-9-15/h2-12H,13H2,1H3,(H2,22,24,25,26)/b23-14+. The topological polar surface area (TPSA) is 78.8 Å². The molecule has 134 valence electrons. The average Bonchev–Trinajstić information content (AvgIpc) is 3.19. The summed E-state index contributed by atoms with van der Waals surface area (Å²) < 4.78 is 0. The number of aromatic nitrogens is 4. The van der Waals surface area contributed by atoms with Gasteiger partial charge in [-0.15, -0.1) is 5.10 Å². The summed E-state index contributed by atoms with van der Waals surface area (Å²) in [7, 11) is 0. The normalized spacial score (nSPS) is 11.7. The first-order valence-corrected chi connectivity index (χ1v) is 9.50. The third-order valence-corrected chi connectivity index (χ3v) is 5.00. The van der Waals surface area contributed by atoms with Crippen LogP contribution in [0, 0.1) is 0 Å². The molecule has 0 amide bonds. The number of nitrogens with zero attached hydrogens (tertiary/aromatic N) is 4. The van der Waals surface area contributed by atoms with E-state index in [2.05, 4.69) is 61.0 Å². The van der Waals surface area contributed by atoms with Crippen molar-refractivity contribution in [2.24, 2.45) is 5.10 Å². The van der Waals surface area contributed by atoms with Crippen molar-refractivity contribution < 1.29 is 0 Å². The maximum absolute atomic E-state index is 4.42. The van der Waals surface area contributed by atoms with Gasteiger partial charge in [0.05, 0.1) is 5.71 Å². The zero-order chi connectivity index (χ0) is 18.5. The Morgan fingerprint density at radius 1 is 1.07 bits per heavy atom. The highest BCUT2D eigenvalue weighted by molar-refractivity contribution is 7.98. The Bertz CT molecular complexity index is 1070. The van der Waals surface area contributed by atoms with Gasteiger partial charge in [-0.1, -0.05) is 48.2 Å². The Hall–Kier alpha value is -3.19. The van der Waals surface area contributed by atoms with Crippen molar-refractivity contribution in [2.75, 3.05) is 5.43 Å². The summed E-state index contributed by atoms with van der Waals surface area (Å²) in [6, 6.07) is 18.5. The second kappa shape index (κ2) is 8.01. The van der Waals surface area contributed by atoms with Crippen molar-refractivity contribution in [3.63, 3.8) is 0 Å². The van der Waals surface area contributed by atoms with Gasteiger partial charge in [0.1, 0.15) is 0 Å². The highest BCUT2D eigenvalue weighted by Crippen LogP contribution is 2.20. The minimum atomic E-state index is 0.521. The van der Waals surface area contributed by atoms with Gasteiger partial charge in [0.2, 0.25) is 11.1 Å². The number of benzene rings is 2. The number of hydrogen-bond donors (Lipinski definition) is 2. The van der Waals surface area contributed by atoms with Crippen LogP contribution in [0.1, 0.15) is 18.1 Å². The molecule has 27 heavy (non-hydrogen) atoms. The van der Waals surface area contributed by atoms with E-state index in [1.165, 1.54) is 16.3 Å². The van der Waals surface area contributed by atoms with Gasteiger partial charge in [0.25, 0.3) is 0 Å². The fourth-order valence-corrected chi connectivity index (χ4v) is 3.36. The van der Waals surface area contributed by atoms with Gasteiger partial charge in [-0.2, -0.15) is 10.1 Å². The summed E-state index contributed by atoms with van der Waals surface area (Å²) in [5.74, 6) is 1.31. The molecule has 0 aliphatic heterocycles. The lowest BCUT2D eigenvalue weighted by molar-refractivity contribution is 0.972. The van der Waals surface area contributed by atoms with Crippen LogP contribution in [0.3, 0.4) is 0 Å². The zero-order valence-corrected chi connectivity index (χ0v) is 15.6. The van der Waals surface area contributed by atoms with Crippen LogP contribution in [0.25, 0.3) is 10.8 Å². The first kappa shape index (κ1) is 17.2. The fraction of sp³-hybridized carbons (Fsp3) is 0.100. The Balaban J connectivity index is 1.40. The lowest BCUT2D eigenvalue weighted by Crippen LogP contribution is -2.00. The van der Waals surface area contributed by atoms with Crippen molar-refractivity contribution in [2.45, 2.75) is 17.8 Å². The second-order valence-electron chi connectivity index (χ2n) is 5.98. The molecule has 2 aromatic carbocycles. The molecule has 4 aromatic rings. The summed E-state index contributed by atoms with van der Waals surface area (Å²) in [5.41, 5.74) is 6.07. The number of fused-ring (bicyclic) bond motifs is 1. The highest BCUT2D eigenvalue weighted by atomic mass is 32.2. The summed E-state index contributed by atoms with van der Waals surface area (Å²) in [5, 5.41) is 14.6. The van der Waals surface area contributed by atoms with Gasteiger partial charge in [-0.25, -0.2) is 10.5 Å². The molecule has 4 rings (SSSR count). The molecule has 0 bridgehead atoms. The van der Waals surface area contributed by atoms with Gasteiger partial charge in [0.15, 0.2) is 0 Å². The van der Waals surface area contributed by atoms with Gasteiger partial charge in [-0.3, -0.25) is 4.98 Å². The summed E-state index contributed by atoms with van der Waals surface area (Å²) in [4.78, 5) is 8.42. The Labute approximate surface area is 161 Å². The number of H-pyrrole nitrogens is 1. The van der Waals surface area contributed by atoms with Crippen LogP contribution in [-0.4, -0.2) is 25.9 Å². The molecule has 0 saturated heterocycles. The van der Waals surface area contributed by atoms with Gasteiger partial charge >= 0.3 is 0 Å². The quantitative estimate of drug-likeness (QED) is 0.295. The Kier molecular flexibility index (Phi) is 5.11. The summed E-state index contributed by atoms with van der Waals surface area (Å²) in [6.07, 6.45) is 3.57. The maximum atomic E-state index is 4.42. The molecule has 0 spiro atoms. The van der Waals surface area contributed by atoms with Gasteiger partial charge in [-0.05, 0) is 47.0 Å². The predicted molar refractivity (Wildman–Crippen MR) is 110 cm³/mol. The molecule has 0 aliphatic carbocycles. The molecule has 2 heterocycles. The minimum Gasteiger partial charge on any atom is -0.265 e. The Morgan fingerprint density at radius 2 is 1.89 bits per heavy atom. The monoisotopic (exact) mass is 374 g/mol. The van der Waals surface area contributed by atoms with Crippen molar-refractivity contribution in [3.8, 4) is 0 Å². The predicted octanol–water partition coefficient (Wildman–Crippen LogP) is 4.48. The number of hydrogen-bond acceptors (Lipinski definition) is 6. The third-order valence-electron chi connectivity index (χ3n) is 4.08. The molecular formula is C20H18N6S. The molecule has 0 saturated carbocycles. The molecule has 2 N–H and O–H groups in total. The van der Waals surface area contributed by atoms with E-state index in [0.717, 1.165) is 17.0 Å². The van der Waals surface area contributed by atoms with Crippen LogP contribution < -0.4 is 5.43 Å². The van der Waals surface area contributed by atoms with Crippen LogP contribution in [0.4, 0.5) is 5.95 Å². The van der Waals surface area contributed by atoms with Crippen molar-refractivity contribution in [3.05, 3.63) is 78.1 Å². The van der Waals surface area contributed by atoms with E-state index in [-0.39, 0.29) is 0 Å². The average molecular weight is 374 g/mol. The van der Waals surface area contributed by atoms with E-state index in [0.29, 0.717) is 11.1 Å². The molecule has 0 fully saturated rings. The van der Waals surface area contributed by atoms with Crippen LogP contribution >= 0.6 is 11.8 Å². The lowest BCUT2D eigenvalue weighted by Gasteiger charge is -2.03. The van der Waals surface area contributed by atoms with Gasteiger partial charge in [0, 0.05) is 18.1 Å². The number of aromatic amines is 1. The summed E-state index contributed by atoms with van der Waals surface area (Å²) >= 11 is 1.56. The van der Waals surface area contributed by atoms with Crippen LogP contribution in [0.2, 0.25) is 0 Å². The number of anilines is 1. The fourth-order valence-electron chi connectivity index (χ4n) is 2.60.